The third-order valence-corrected chi connectivity index (χ3v) is 3.31. The summed E-state index contributed by atoms with van der Waals surface area (Å²) >= 11 is 0. The lowest BCUT2D eigenvalue weighted by atomic mass is 10.1. The van der Waals surface area contributed by atoms with Crippen LogP contribution in [0.2, 0.25) is 0 Å². The molecule has 106 valence electrons. The fraction of sp³-hybridized carbons (Fsp3) is 0.294. The van der Waals surface area contributed by atoms with Gasteiger partial charge in [-0.15, -0.1) is 0 Å². The van der Waals surface area contributed by atoms with E-state index in [1.807, 2.05) is 43.1 Å². The van der Waals surface area contributed by atoms with Gasteiger partial charge in [-0.25, -0.2) is 4.39 Å². The average molecular weight is 273 g/mol. The Bertz CT molecular complexity index is 536. The molecule has 0 aliphatic carbocycles. The monoisotopic (exact) mass is 273 g/mol. The van der Waals surface area contributed by atoms with Crippen LogP contribution in [-0.4, -0.2) is 23.6 Å². The highest BCUT2D eigenvalue weighted by Crippen LogP contribution is 2.15. The summed E-state index contributed by atoms with van der Waals surface area (Å²) in [5.41, 5.74) is 3.13. The van der Waals surface area contributed by atoms with Crippen LogP contribution in [0, 0.1) is 12.7 Å². The van der Waals surface area contributed by atoms with Gasteiger partial charge in [-0.2, -0.15) is 0 Å². The maximum absolute atomic E-state index is 12.8. The second kappa shape index (κ2) is 6.64. The van der Waals surface area contributed by atoms with Crippen molar-refractivity contribution < 1.29 is 9.50 Å². The van der Waals surface area contributed by atoms with Crippen LogP contribution < -0.4 is 0 Å². The minimum absolute atomic E-state index is 0.226. The van der Waals surface area contributed by atoms with E-state index in [1.165, 1.54) is 17.7 Å². The lowest BCUT2D eigenvalue weighted by molar-refractivity contribution is 0.124. The Morgan fingerprint density at radius 3 is 2.25 bits per heavy atom. The SMILES string of the molecule is Cc1ccc(C(O)CN(C)Cc2ccc(F)cc2)cc1. The van der Waals surface area contributed by atoms with Gasteiger partial charge in [0.15, 0.2) is 0 Å². The number of halogens is 1. The van der Waals surface area contributed by atoms with E-state index >= 15 is 0 Å². The van der Waals surface area contributed by atoms with Crippen molar-refractivity contribution in [2.45, 2.75) is 19.6 Å². The van der Waals surface area contributed by atoms with Gasteiger partial charge in [0.05, 0.1) is 6.10 Å². The Morgan fingerprint density at radius 1 is 1.05 bits per heavy atom. The maximum Gasteiger partial charge on any atom is 0.123 e. The number of aliphatic hydroxyl groups is 1. The average Bonchev–Trinajstić information content (AvgIpc) is 2.42. The summed E-state index contributed by atoms with van der Waals surface area (Å²) in [6, 6.07) is 14.3. The number of aryl methyl sites for hydroxylation is 1. The second-order valence-corrected chi connectivity index (χ2v) is 5.25. The van der Waals surface area contributed by atoms with Crippen molar-refractivity contribution in [1.82, 2.24) is 4.90 Å². The van der Waals surface area contributed by atoms with Gasteiger partial charge >= 0.3 is 0 Å². The molecule has 0 saturated carbocycles. The van der Waals surface area contributed by atoms with Crippen LogP contribution in [0.25, 0.3) is 0 Å². The molecule has 0 aromatic heterocycles. The molecule has 0 bridgehead atoms. The first kappa shape index (κ1) is 14.7. The normalized spacial score (nSPS) is 12.7. The molecule has 0 spiro atoms. The molecule has 1 unspecified atom stereocenters. The summed E-state index contributed by atoms with van der Waals surface area (Å²) < 4.78 is 12.8. The third-order valence-electron chi connectivity index (χ3n) is 3.31. The van der Waals surface area contributed by atoms with E-state index in [2.05, 4.69) is 0 Å². The predicted molar refractivity (Wildman–Crippen MR) is 78.9 cm³/mol. The zero-order chi connectivity index (χ0) is 14.5. The number of benzene rings is 2. The molecule has 0 heterocycles. The zero-order valence-electron chi connectivity index (χ0n) is 11.9. The molecule has 0 saturated heterocycles. The van der Waals surface area contributed by atoms with Crippen LogP contribution in [-0.2, 0) is 6.54 Å². The molecule has 2 aromatic rings. The fourth-order valence-electron chi connectivity index (χ4n) is 2.16. The third kappa shape index (κ3) is 4.15. The van der Waals surface area contributed by atoms with Crippen LogP contribution in [0.1, 0.15) is 22.8 Å². The lowest BCUT2D eigenvalue weighted by Gasteiger charge is -2.21. The summed E-state index contributed by atoms with van der Waals surface area (Å²) in [4.78, 5) is 2.03. The van der Waals surface area contributed by atoms with Crippen LogP contribution in [0.15, 0.2) is 48.5 Å². The molecule has 0 aliphatic heterocycles. The molecule has 20 heavy (non-hydrogen) atoms. The molecule has 2 nitrogen and oxygen atoms in total. The van der Waals surface area contributed by atoms with Gasteiger partial charge in [0, 0.05) is 13.1 Å². The number of hydrogen-bond acceptors (Lipinski definition) is 2. The molecule has 0 fully saturated rings. The van der Waals surface area contributed by atoms with E-state index in [0.717, 1.165) is 11.1 Å². The summed E-state index contributed by atoms with van der Waals surface area (Å²) in [6.07, 6.45) is -0.513. The molecule has 1 atom stereocenters. The molecule has 0 amide bonds. The van der Waals surface area contributed by atoms with Crippen LogP contribution >= 0.6 is 0 Å². The van der Waals surface area contributed by atoms with E-state index in [4.69, 9.17) is 0 Å². The van der Waals surface area contributed by atoms with Crippen molar-refractivity contribution in [3.05, 3.63) is 71.0 Å². The van der Waals surface area contributed by atoms with E-state index in [9.17, 15) is 9.50 Å². The van der Waals surface area contributed by atoms with Gasteiger partial charge in [-0.3, -0.25) is 4.90 Å². The molecule has 2 aromatic carbocycles. The first-order valence-corrected chi connectivity index (χ1v) is 6.72. The number of likely N-dealkylation sites (N-methyl/N-ethyl adjacent to an activating group) is 1. The summed E-state index contributed by atoms with van der Waals surface area (Å²) in [5, 5.41) is 10.2. The molecule has 0 aliphatic rings. The van der Waals surface area contributed by atoms with E-state index in [0.29, 0.717) is 13.1 Å². The highest BCUT2D eigenvalue weighted by Gasteiger charge is 2.10. The Hall–Kier alpha value is -1.71. The molecule has 3 heteroatoms. The highest BCUT2D eigenvalue weighted by atomic mass is 19.1. The molecular formula is C17H20FNO. The number of nitrogens with zero attached hydrogens (tertiary/aromatic N) is 1. The minimum Gasteiger partial charge on any atom is -0.387 e. The van der Waals surface area contributed by atoms with Crippen molar-refractivity contribution in [3.63, 3.8) is 0 Å². The van der Waals surface area contributed by atoms with Gasteiger partial charge < -0.3 is 5.11 Å². The fourth-order valence-corrected chi connectivity index (χ4v) is 2.16. The van der Waals surface area contributed by atoms with Crippen molar-refractivity contribution in [1.29, 1.82) is 0 Å². The highest BCUT2D eigenvalue weighted by molar-refractivity contribution is 5.23. The van der Waals surface area contributed by atoms with Gasteiger partial charge in [0.2, 0.25) is 0 Å². The largest absolute Gasteiger partial charge is 0.387 e. The summed E-state index contributed by atoms with van der Waals surface area (Å²) in [7, 11) is 1.95. The second-order valence-electron chi connectivity index (χ2n) is 5.25. The van der Waals surface area contributed by atoms with Crippen molar-refractivity contribution in [2.24, 2.45) is 0 Å². The van der Waals surface area contributed by atoms with Crippen molar-refractivity contribution >= 4 is 0 Å². The van der Waals surface area contributed by atoms with Crippen LogP contribution in [0.3, 0.4) is 0 Å². The number of rotatable bonds is 5. The zero-order valence-corrected chi connectivity index (χ0v) is 11.9. The predicted octanol–water partition coefficient (Wildman–Crippen LogP) is 3.30. The van der Waals surface area contributed by atoms with Gasteiger partial charge in [0.1, 0.15) is 5.82 Å². The first-order valence-electron chi connectivity index (χ1n) is 6.72. The Balaban J connectivity index is 1.92. The smallest absolute Gasteiger partial charge is 0.123 e. The quantitative estimate of drug-likeness (QED) is 0.903. The topological polar surface area (TPSA) is 23.5 Å². The Labute approximate surface area is 119 Å². The van der Waals surface area contributed by atoms with Gasteiger partial charge in [-0.05, 0) is 37.2 Å². The molecular weight excluding hydrogens is 253 g/mol. The Kier molecular flexibility index (Phi) is 4.88. The molecule has 2 rings (SSSR count). The lowest BCUT2D eigenvalue weighted by Crippen LogP contribution is -2.24. The first-order chi connectivity index (χ1) is 9.54. The molecule has 1 N–H and O–H groups in total. The maximum atomic E-state index is 12.8. The van der Waals surface area contributed by atoms with Crippen molar-refractivity contribution in [2.75, 3.05) is 13.6 Å². The minimum atomic E-state index is -0.513. The van der Waals surface area contributed by atoms with Crippen molar-refractivity contribution in [3.8, 4) is 0 Å². The van der Waals surface area contributed by atoms with E-state index in [-0.39, 0.29) is 5.82 Å². The van der Waals surface area contributed by atoms with E-state index in [1.54, 1.807) is 12.1 Å². The number of aliphatic hydroxyl groups excluding tert-OH is 1. The molecule has 0 radical (unpaired) electrons. The standard InChI is InChI=1S/C17H20FNO/c1-13-3-7-15(8-4-13)17(20)12-19(2)11-14-5-9-16(18)10-6-14/h3-10,17,20H,11-12H2,1-2H3. The van der Waals surface area contributed by atoms with Gasteiger partial charge in [0.25, 0.3) is 0 Å². The summed E-state index contributed by atoms with van der Waals surface area (Å²) in [6.45, 7) is 3.25. The van der Waals surface area contributed by atoms with E-state index < -0.39 is 6.10 Å². The van der Waals surface area contributed by atoms with Crippen LogP contribution in [0.4, 0.5) is 4.39 Å². The van der Waals surface area contributed by atoms with Gasteiger partial charge in [-0.1, -0.05) is 42.0 Å². The summed E-state index contributed by atoms with van der Waals surface area (Å²) in [5.74, 6) is -0.226. The number of hydrogen-bond donors (Lipinski definition) is 1. The Morgan fingerprint density at radius 2 is 1.65 bits per heavy atom. The van der Waals surface area contributed by atoms with Crippen LogP contribution in [0.5, 0.6) is 0 Å².